The highest BCUT2D eigenvalue weighted by molar-refractivity contribution is 9.10. The molecule has 1 aromatic carbocycles. The van der Waals surface area contributed by atoms with Gasteiger partial charge in [0, 0.05) is 19.6 Å². The van der Waals surface area contributed by atoms with E-state index in [9.17, 15) is 0 Å². The SMILES string of the molecule is CCc1ccc(C(C)NCc2c(Br)c(C)nn2C)cc1. The highest BCUT2D eigenvalue weighted by Crippen LogP contribution is 2.21. The maximum atomic E-state index is 4.41. The molecular weight excluding hydrogens is 314 g/mol. The van der Waals surface area contributed by atoms with Crippen LogP contribution in [0.1, 0.15) is 42.4 Å². The summed E-state index contributed by atoms with van der Waals surface area (Å²) in [5.74, 6) is 0. The third kappa shape index (κ3) is 3.30. The molecule has 1 N–H and O–H groups in total. The Hall–Kier alpha value is -1.13. The molecule has 3 nitrogen and oxygen atoms in total. The van der Waals surface area contributed by atoms with E-state index in [1.54, 1.807) is 0 Å². The summed E-state index contributed by atoms with van der Waals surface area (Å²) in [6, 6.07) is 9.15. The van der Waals surface area contributed by atoms with Crippen LogP contribution in [0.3, 0.4) is 0 Å². The van der Waals surface area contributed by atoms with Crippen LogP contribution in [0.25, 0.3) is 0 Å². The Balaban J connectivity index is 2.02. The van der Waals surface area contributed by atoms with E-state index in [0.29, 0.717) is 6.04 Å². The van der Waals surface area contributed by atoms with Gasteiger partial charge in [0.15, 0.2) is 0 Å². The van der Waals surface area contributed by atoms with E-state index >= 15 is 0 Å². The minimum absolute atomic E-state index is 0.322. The number of hydrogen-bond donors (Lipinski definition) is 1. The first-order valence-corrected chi connectivity index (χ1v) is 7.82. The molecule has 2 rings (SSSR count). The van der Waals surface area contributed by atoms with E-state index in [1.807, 2.05) is 18.7 Å². The number of nitrogens with one attached hydrogen (secondary N) is 1. The maximum Gasteiger partial charge on any atom is 0.0739 e. The Bertz CT molecular complexity index is 572. The van der Waals surface area contributed by atoms with E-state index in [-0.39, 0.29) is 0 Å². The Morgan fingerprint density at radius 3 is 2.45 bits per heavy atom. The summed E-state index contributed by atoms with van der Waals surface area (Å²) in [6.07, 6.45) is 1.09. The molecule has 1 unspecified atom stereocenters. The van der Waals surface area contributed by atoms with Crippen molar-refractivity contribution < 1.29 is 0 Å². The van der Waals surface area contributed by atoms with E-state index < -0.39 is 0 Å². The molecule has 0 aliphatic rings. The Morgan fingerprint density at radius 2 is 1.95 bits per heavy atom. The van der Waals surface area contributed by atoms with Crippen molar-refractivity contribution >= 4 is 15.9 Å². The lowest BCUT2D eigenvalue weighted by Crippen LogP contribution is -2.20. The summed E-state index contributed by atoms with van der Waals surface area (Å²) in [5, 5.41) is 7.97. The molecule has 20 heavy (non-hydrogen) atoms. The summed E-state index contributed by atoms with van der Waals surface area (Å²) in [7, 11) is 1.98. The number of rotatable bonds is 5. The molecule has 0 spiro atoms. The monoisotopic (exact) mass is 335 g/mol. The second-order valence-electron chi connectivity index (χ2n) is 5.17. The fraction of sp³-hybridized carbons (Fsp3) is 0.438. The van der Waals surface area contributed by atoms with E-state index in [1.165, 1.54) is 16.8 Å². The van der Waals surface area contributed by atoms with Crippen LogP contribution in [0.4, 0.5) is 0 Å². The average molecular weight is 336 g/mol. The quantitative estimate of drug-likeness (QED) is 0.897. The van der Waals surface area contributed by atoms with Gasteiger partial charge in [-0.1, -0.05) is 31.2 Å². The molecule has 0 amide bonds. The first kappa shape index (κ1) is 15.3. The van der Waals surface area contributed by atoms with Crippen LogP contribution in [0.15, 0.2) is 28.7 Å². The number of aromatic nitrogens is 2. The maximum absolute atomic E-state index is 4.41. The predicted molar refractivity (Wildman–Crippen MR) is 86.7 cm³/mol. The van der Waals surface area contributed by atoms with Crippen molar-refractivity contribution in [1.29, 1.82) is 0 Å². The van der Waals surface area contributed by atoms with Gasteiger partial charge in [0.25, 0.3) is 0 Å². The van der Waals surface area contributed by atoms with Gasteiger partial charge >= 0.3 is 0 Å². The van der Waals surface area contributed by atoms with Crippen LogP contribution in [-0.2, 0) is 20.0 Å². The molecule has 0 aliphatic carbocycles. The standard InChI is InChI=1S/C16H22BrN3/c1-5-13-6-8-14(9-7-13)11(2)18-10-15-16(17)12(3)19-20(15)4/h6-9,11,18H,5,10H2,1-4H3. The molecule has 4 heteroatoms. The van der Waals surface area contributed by atoms with Crippen molar-refractivity contribution in [3.05, 3.63) is 51.3 Å². The van der Waals surface area contributed by atoms with Gasteiger partial charge in [0.2, 0.25) is 0 Å². The molecular formula is C16H22BrN3. The highest BCUT2D eigenvalue weighted by atomic mass is 79.9. The smallest absolute Gasteiger partial charge is 0.0739 e. The highest BCUT2D eigenvalue weighted by Gasteiger charge is 2.12. The van der Waals surface area contributed by atoms with Crippen molar-refractivity contribution in [2.24, 2.45) is 7.05 Å². The number of nitrogens with zero attached hydrogens (tertiary/aromatic N) is 2. The predicted octanol–water partition coefficient (Wildman–Crippen LogP) is 3.90. The molecule has 0 fully saturated rings. The largest absolute Gasteiger partial charge is 0.305 e. The first-order chi connectivity index (χ1) is 9.52. The lowest BCUT2D eigenvalue weighted by molar-refractivity contribution is 0.547. The number of halogens is 1. The molecule has 0 aliphatic heterocycles. The molecule has 0 saturated carbocycles. The third-order valence-electron chi connectivity index (χ3n) is 3.73. The molecule has 2 aromatic rings. The molecule has 0 radical (unpaired) electrons. The number of hydrogen-bond acceptors (Lipinski definition) is 2. The van der Waals surface area contributed by atoms with Crippen LogP contribution in [0, 0.1) is 6.92 Å². The second kappa shape index (κ2) is 6.55. The molecule has 1 heterocycles. The van der Waals surface area contributed by atoms with E-state index in [2.05, 4.69) is 64.5 Å². The lowest BCUT2D eigenvalue weighted by atomic mass is 10.0. The number of aryl methyl sites for hydroxylation is 3. The first-order valence-electron chi connectivity index (χ1n) is 7.03. The van der Waals surface area contributed by atoms with Gasteiger partial charge in [0.05, 0.1) is 15.9 Å². The van der Waals surface area contributed by atoms with Crippen LogP contribution in [0.5, 0.6) is 0 Å². The summed E-state index contributed by atoms with van der Waals surface area (Å²) < 4.78 is 3.03. The van der Waals surface area contributed by atoms with Crippen molar-refractivity contribution in [3.63, 3.8) is 0 Å². The minimum atomic E-state index is 0.322. The van der Waals surface area contributed by atoms with Crippen molar-refractivity contribution in [2.75, 3.05) is 0 Å². The van der Waals surface area contributed by atoms with E-state index in [0.717, 1.165) is 23.1 Å². The van der Waals surface area contributed by atoms with Gasteiger partial charge in [0.1, 0.15) is 0 Å². The average Bonchev–Trinajstić information content (AvgIpc) is 2.70. The van der Waals surface area contributed by atoms with Crippen LogP contribution >= 0.6 is 15.9 Å². The lowest BCUT2D eigenvalue weighted by Gasteiger charge is -2.15. The van der Waals surface area contributed by atoms with Crippen molar-refractivity contribution in [1.82, 2.24) is 15.1 Å². The number of benzene rings is 1. The van der Waals surface area contributed by atoms with Crippen LogP contribution < -0.4 is 5.32 Å². The second-order valence-corrected chi connectivity index (χ2v) is 5.96. The van der Waals surface area contributed by atoms with Crippen LogP contribution in [-0.4, -0.2) is 9.78 Å². The molecule has 108 valence electrons. The van der Waals surface area contributed by atoms with Gasteiger partial charge in [-0.05, 0) is 47.3 Å². The zero-order chi connectivity index (χ0) is 14.7. The van der Waals surface area contributed by atoms with Gasteiger partial charge in [-0.3, -0.25) is 4.68 Å². The summed E-state index contributed by atoms with van der Waals surface area (Å²) >= 11 is 3.60. The van der Waals surface area contributed by atoms with Gasteiger partial charge in [-0.15, -0.1) is 0 Å². The zero-order valence-electron chi connectivity index (χ0n) is 12.6. The van der Waals surface area contributed by atoms with Crippen molar-refractivity contribution in [3.8, 4) is 0 Å². The Kier molecular flexibility index (Phi) is 5.00. The minimum Gasteiger partial charge on any atom is -0.305 e. The van der Waals surface area contributed by atoms with E-state index in [4.69, 9.17) is 0 Å². The summed E-state index contributed by atoms with van der Waals surface area (Å²) in [6.45, 7) is 7.19. The zero-order valence-corrected chi connectivity index (χ0v) is 14.2. The topological polar surface area (TPSA) is 29.9 Å². The van der Waals surface area contributed by atoms with Gasteiger partial charge in [-0.25, -0.2) is 0 Å². The Morgan fingerprint density at radius 1 is 1.30 bits per heavy atom. The fourth-order valence-electron chi connectivity index (χ4n) is 2.28. The van der Waals surface area contributed by atoms with Gasteiger partial charge in [-0.2, -0.15) is 5.10 Å². The van der Waals surface area contributed by atoms with Gasteiger partial charge < -0.3 is 5.32 Å². The Labute approximate surface area is 129 Å². The summed E-state index contributed by atoms with van der Waals surface area (Å²) in [5.41, 5.74) is 4.91. The normalized spacial score (nSPS) is 12.7. The van der Waals surface area contributed by atoms with Crippen molar-refractivity contribution in [2.45, 2.75) is 39.8 Å². The molecule has 0 saturated heterocycles. The van der Waals surface area contributed by atoms with Crippen LogP contribution in [0.2, 0.25) is 0 Å². The summed E-state index contributed by atoms with van der Waals surface area (Å²) in [4.78, 5) is 0. The molecule has 1 aromatic heterocycles. The fourth-order valence-corrected chi connectivity index (χ4v) is 2.76. The third-order valence-corrected chi connectivity index (χ3v) is 4.76. The molecule has 1 atom stereocenters. The molecule has 0 bridgehead atoms.